The molecule has 2 aromatic carbocycles. The molecule has 69 heavy (non-hydrogen) atoms. The number of carbonyl (C=O) groups is 5. The predicted molar refractivity (Wildman–Crippen MR) is 254 cm³/mol. The molecule has 21 heteroatoms. The molecule has 0 atom stereocenters. The Hall–Kier alpha value is -5.89. The number of nitrogens with zero attached hydrogens (tertiary/aromatic N) is 4. The molecule has 0 aliphatic carbocycles. The zero-order valence-electron chi connectivity index (χ0n) is 41.8. The normalized spacial score (nSPS) is 14.6. The van der Waals surface area contributed by atoms with Gasteiger partial charge in [0.25, 0.3) is 0 Å². The van der Waals surface area contributed by atoms with E-state index in [0.717, 1.165) is 33.4 Å². The third kappa shape index (κ3) is 19.2. The molecule has 4 amide bonds. The van der Waals surface area contributed by atoms with Crippen LogP contribution in [0.2, 0.25) is 0 Å². The molecule has 0 spiro atoms. The summed E-state index contributed by atoms with van der Waals surface area (Å²) in [7, 11) is 0. The number of carbonyl (C=O) groups excluding carboxylic acids is 3. The zero-order valence-corrected chi connectivity index (χ0v) is 41.8. The molecule has 0 bridgehead atoms. The number of carboxylic acids is 2. The van der Waals surface area contributed by atoms with Gasteiger partial charge in [0.1, 0.15) is 5.41 Å². The van der Waals surface area contributed by atoms with Crippen molar-refractivity contribution in [1.82, 2.24) is 9.80 Å². The Kier molecular flexibility index (Phi) is 20.9. The summed E-state index contributed by atoms with van der Waals surface area (Å²) in [6.07, 6.45) is -7.86. The summed E-state index contributed by atoms with van der Waals surface area (Å²) in [4.78, 5) is 73.5. The minimum atomic E-state index is -5.08. The predicted octanol–water partition coefficient (Wildman–Crippen LogP) is 7.81. The van der Waals surface area contributed by atoms with Crippen molar-refractivity contribution >= 4 is 41.7 Å². The molecule has 0 aromatic heterocycles. The van der Waals surface area contributed by atoms with Crippen molar-refractivity contribution < 1.29 is 60.5 Å². The molecule has 1 heterocycles. The van der Waals surface area contributed by atoms with E-state index in [2.05, 4.69) is 129 Å². The molecule has 0 radical (unpaired) electrons. The lowest BCUT2D eigenvalue weighted by atomic mass is 9.70. The van der Waals surface area contributed by atoms with Crippen molar-refractivity contribution in [2.75, 3.05) is 26.2 Å². The Labute approximate surface area is 401 Å². The van der Waals surface area contributed by atoms with E-state index in [-0.39, 0.29) is 59.5 Å². The number of halogens is 6. The number of amides is 4. The third-order valence-electron chi connectivity index (χ3n) is 10.9. The molecule has 2 aromatic rings. The summed E-state index contributed by atoms with van der Waals surface area (Å²) >= 11 is 0. The Balaban J connectivity index is 0.00000147. The zero-order chi connectivity index (χ0) is 53.9. The molecule has 1 aliphatic rings. The first-order valence-electron chi connectivity index (χ1n) is 22.2. The van der Waals surface area contributed by atoms with E-state index in [1.165, 1.54) is 9.80 Å². The van der Waals surface area contributed by atoms with Crippen LogP contribution in [-0.2, 0) is 53.7 Å². The van der Waals surface area contributed by atoms with E-state index in [4.69, 9.17) is 42.7 Å². The van der Waals surface area contributed by atoms with E-state index < -0.39 is 47.6 Å². The van der Waals surface area contributed by atoms with Crippen LogP contribution in [0.5, 0.6) is 0 Å². The summed E-state index contributed by atoms with van der Waals surface area (Å²) in [6, 6.07) is 12.4. The number of nitrogens with two attached hydrogens (primary N) is 4. The van der Waals surface area contributed by atoms with Gasteiger partial charge in [0.05, 0.1) is 0 Å². The third-order valence-corrected chi connectivity index (χ3v) is 10.9. The van der Waals surface area contributed by atoms with Crippen LogP contribution in [0.15, 0.2) is 46.4 Å². The second kappa shape index (κ2) is 23.6. The van der Waals surface area contributed by atoms with Gasteiger partial charge in [-0.1, -0.05) is 119 Å². The fraction of sp³-hybridized carbons (Fsp3) is 0.604. The van der Waals surface area contributed by atoms with Crippen LogP contribution in [0.4, 0.5) is 31.1 Å². The Bertz CT molecular complexity index is 1970. The van der Waals surface area contributed by atoms with Crippen molar-refractivity contribution in [1.29, 1.82) is 0 Å². The highest BCUT2D eigenvalue weighted by Gasteiger charge is 2.57. The Morgan fingerprint density at radius 3 is 0.957 bits per heavy atom. The number of unbranched alkanes of at least 4 members (excludes halogenated alkanes) is 2. The summed E-state index contributed by atoms with van der Waals surface area (Å²) in [5, 5.41) is 14.2. The van der Waals surface area contributed by atoms with Crippen LogP contribution >= 0.6 is 0 Å². The van der Waals surface area contributed by atoms with Crippen LogP contribution in [0.3, 0.4) is 0 Å². The number of rotatable bonds is 14. The second-order valence-corrected chi connectivity index (χ2v) is 21.1. The van der Waals surface area contributed by atoms with Crippen molar-refractivity contribution in [3.63, 3.8) is 0 Å². The van der Waals surface area contributed by atoms with E-state index >= 15 is 9.59 Å². The first-order valence-corrected chi connectivity index (χ1v) is 22.2. The lowest BCUT2D eigenvalue weighted by molar-refractivity contribution is -0.193. The maximum absolute atomic E-state index is 15.3. The molecule has 0 unspecified atom stereocenters. The van der Waals surface area contributed by atoms with Gasteiger partial charge in [-0.2, -0.15) is 26.3 Å². The van der Waals surface area contributed by atoms with E-state index in [1.54, 1.807) is 0 Å². The van der Waals surface area contributed by atoms with Crippen LogP contribution in [0, 0.1) is 5.41 Å². The van der Waals surface area contributed by atoms with Gasteiger partial charge in [0.2, 0.25) is 11.8 Å². The smallest absolute Gasteiger partial charge is 0.475 e. The monoisotopic (exact) mass is 987 g/mol. The fourth-order valence-electron chi connectivity index (χ4n) is 6.88. The fourth-order valence-corrected chi connectivity index (χ4v) is 6.88. The van der Waals surface area contributed by atoms with Gasteiger partial charge >= 0.3 is 30.3 Å². The molecule has 1 fully saturated rings. The first kappa shape index (κ1) is 61.1. The SMILES string of the molecule is CC(C)(C)c1cc(CC2(Cc3cc(C(C)(C)C)cc(C(C)(C)C)c3)C(=O)N(CCCCN=C(N)N)C(=O)N(CCCCN=C(N)N)C2=O)cc(C(C)(C)C)c1.O=C(O)C(F)(F)F.O=C(O)C(F)(F)F. The average Bonchev–Trinajstić information content (AvgIpc) is 3.17. The number of hydrogen-bond donors (Lipinski definition) is 6. The highest BCUT2D eigenvalue weighted by molar-refractivity contribution is 6.19. The summed E-state index contributed by atoms with van der Waals surface area (Å²) in [5.74, 6) is -6.49. The van der Waals surface area contributed by atoms with Crippen LogP contribution in [0.25, 0.3) is 0 Å². The van der Waals surface area contributed by atoms with Gasteiger partial charge in [-0.15, -0.1) is 0 Å². The minimum Gasteiger partial charge on any atom is -0.475 e. The van der Waals surface area contributed by atoms with Crippen LogP contribution < -0.4 is 22.9 Å². The second-order valence-electron chi connectivity index (χ2n) is 21.1. The van der Waals surface area contributed by atoms with Gasteiger partial charge < -0.3 is 33.1 Å². The lowest BCUT2D eigenvalue weighted by Crippen LogP contribution is -2.66. The van der Waals surface area contributed by atoms with Gasteiger partial charge in [-0.05, 0) is 93.6 Å². The van der Waals surface area contributed by atoms with E-state index in [0.29, 0.717) is 38.8 Å². The number of barbiturate groups is 1. The van der Waals surface area contributed by atoms with E-state index in [9.17, 15) is 31.1 Å². The number of carboxylic acid groups (broad SMARTS) is 2. The molecular formula is C48H72F6N8O7. The maximum atomic E-state index is 15.3. The number of imide groups is 2. The van der Waals surface area contributed by atoms with Gasteiger partial charge in [0, 0.05) is 26.2 Å². The largest absolute Gasteiger partial charge is 0.490 e. The lowest BCUT2D eigenvalue weighted by Gasteiger charge is -2.45. The molecular weight excluding hydrogens is 915 g/mol. The molecule has 15 nitrogen and oxygen atoms in total. The van der Waals surface area contributed by atoms with Crippen LogP contribution in [0.1, 0.15) is 142 Å². The van der Waals surface area contributed by atoms with Gasteiger partial charge in [-0.25, -0.2) is 14.4 Å². The van der Waals surface area contributed by atoms with Crippen molar-refractivity contribution in [3.05, 3.63) is 69.8 Å². The highest BCUT2D eigenvalue weighted by Crippen LogP contribution is 2.41. The molecule has 10 N–H and O–H groups in total. The first-order chi connectivity index (χ1) is 31.0. The highest BCUT2D eigenvalue weighted by atomic mass is 19.4. The van der Waals surface area contributed by atoms with E-state index in [1.807, 2.05) is 0 Å². The van der Waals surface area contributed by atoms with Crippen LogP contribution in [-0.4, -0.2) is 100 Å². The molecule has 1 aliphatic heterocycles. The summed E-state index contributed by atoms with van der Waals surface area (Å²) in [5.41, 5.74) is 26.1. The average molecular weight is 987 g/mol. The number of hydrogen-bond acceptors (Lipinski definition) is 7. The van der Waals surface area contributed by atoms with Crippen molar-refractivity contribution in [2.24, 2.45) is 38.3 Å². The standard InChI is InChI=1S/C44H70N8O3.2C2HF3O2/c1-40(2,3)31-21-29(22-32(25-31)41(4,5)6)27-44(28-30-23-33(42(7,8)9)26-34(24-30)43(10,11)12)35(53)51(19-15-13-17-49-37(45)46)39(55)52(36(44)54)20-16-14-18-50-38(47)48;2*3-2(4,5)1(6)7/h21-26H,13-20,27-28H2,1-12H3,(H4,45,46,49)(H4,47,48,50);2*(H,6,7). The number of alkyl halides is 6. The Morgan fingerprint density at radius 2 is 0.754 bits per heavy atom. The molecule has 0 saturated carbocycles. The topological polar surface area (TPSA) is 261 Å². The number of benzene rings is 2. The number of guanidine groups is 2. The number of urea groups is 1. The van der Waals surface area contributed by atoms with Crippen molar-refractivity contribution in [2.45, 2.75) is 156 Å². The van der Waals surface area contributed by atoms with Gasteiger partial charge in [-0.3, -0.25) is 29.4 Å². The number of aliphatic imine (C=N–C) groups is 2. The Morgan fingerprint density at radius 1 is 0.507 bits per heavy atom. The molecule has 388 valence electrons. The number of aliphatic carboxylic acids is 2. The van der Waals surface area contributed by atoms with Gasteiger partial charge in [0.15, 0.2) is 11.9 Å². The quantitative estimate of drug-likeness (QED) is 0.0350. The minimum absolute atomic E-state index is 0.0131. The molecule has 3 rings (SSSR count). The summed E-state index contributed by atoms with van der Waals surface area (Å²) < 4.78 is 63.5. The maximum Gasteiger partial charge on any atom is 0.490 e. The summed E-state index contributed by atoms with van der Waals surface area (Å²) in [6.45, 7) is 27.0. The molecule has 1 saturated heterocycles. The van der Waals surface area contributed by atoms with Crippen molar-refractivity contribution in [3.8, 4) is 0 Å².